The standard InChI is InChI=1S/C23H31NO4S2/c1-15-9-11-18(12-10-15)21(25)24(16(2)14-30(3)28)22-19(23(26)27)13-20(29-22)17-7-5-4-6-8-17/h4-8,13,15-16,18-19,22H,9-12,14H2,1-3H3,(H,26,27). The first kappa shape index (κ1) is 23.2. The molecule has 5 nitrogen and oxygen atoms in total. The van der Waals surface area contributed by atoms with Crippen LogP contribution in [0.3, 0.4) is 0 Å². The SMILES string of the molecule is CC1CCC(C(=O)N(C(C)C[S+](C)[O-])C2SC(c3ccccc3)=CC2C(=O)O)CC1. The van der Waals surface area contributed by atoms with Crippen molar-refractivity contribution in [3.63, 3.8) is 0 Å². The Kier molecular flexibility index (Phi) is 7.93. The van der Waals surface area contributed by atoms with E-state index in [0.29, 0.717) is 11.7 Å². The molecule has 1 fully saturated rings. The van der Waals surface area contributed by atoms with Gasteiger partial charge in [0, 0.05) is 10.8 Å². The molecular weight excluding hydrogens is 418 g/mol. The van der Waals surface area contributed by atoms with E-state index in [1.54, 1.807) is 17.2 Å². The molecule has 0 radical (unpaired) electrons. The first-order valence-corrected chi connectivity index (χ1v) is 13.2. The van der Waals surface area contributed by atoms with Crippen molar-refractivity contribution < 1.29 is 19.2 Å². The second-order valence-corrected chi connectivity index (χ2v) is 11.2. The number of hydrogen-bond donors (Lipinski definition) is 1. The van der Waals surface area contributed by atoms with E-state index in [4.69, 9.17) is 0 Å². The van der Waals surface area contributed by atoms with E-state index in [0.717, 1.165) is 36.2 Å². The Morgan fingerprint density at radius 3 is 2.43 bits per heavy atom. The molecule has 0 aromatic heterocycles. The van der Waals surface area contributed by atoms with Crippen LogP contribution in [0.1, 0.15) is 45.1 Å². The summed E-state index contributed by atoms with van der Waals surface area (Å²) in [5.74, 6) is -0.806. The van der Waals surface area contributed by atoms with Crippen molar-refractivity contribution >= 4 is 39.7 Å². The van der Waals surface area contributed by atoms with Crippen molar-refractivity contribution in [2.75, 3.05) is 12.0 Å². The highest BCUT2D eigenvalue weighted by molar-refractivity contribution is 8.09. The third kappa shape index (κ3) is 5.42. The monoisotopic (exact) mass is 449 g/mol. The van der Waals surface area contributed by atoms with Crippen molar-refractivity contribution in [2.24, 2.45) is 17.8 Å². The molecular formula is C23H31NO4S2. The number of rotatable bonds is 7. The molecule has 1 aromatic carbocycles. The zero-order chi connectivity index (χ0) is 21.8. The Hall–Kier alpha value is -1.44. The number of carbonyl (C=O) groups excluding carboxylic acids is 1. The number of carbonyl (C=O) groups is 2. The van der Waals surface area contributed by atoms with Gasteiger partial charge in [-0.3, -0.25) is 9.59 Å². The van der Waals surface area contributed by atoms with Crippen LogP contribution in [0.15, 0.2) is 36.4 Å². The fourth-order valence-corrected chi connectivity index (χ4v) is 6.77. The Balaban J connectivity index is 1.89. The summed E-state index contributed by atoms with van der Waals surface area (Å²) < 4.78 is 12.0. The van der Waals surface area contributed by atoms with E-state index in [2.05, 4.69) is 6.92 Å². The number of hydrogen-bond acceptors (Lipinski definition) is 4. The minimum Gasteiger partial charge on any atom is -0.616 e. The average Bonchev–Trinajstić information content (AvgIpc) is 3.14. The lowest BCUT2D eigenvalue weighted by molar-refractivity contribution is -0.145. The Morgan fingerprint density at radius 2 is 1.87 bits per heavy atom. The van der Waals surface area contributed by atoms with E-state index in [1.165, 1.54) is 11.8 Å². The van der Waals surface area contributed by atoms with Crippen molar-refractivity contribution in [3.05, 3.63) is 42.0 Å². The lowest BCUT2D eigenvalue weighted by Crippen LogP contribution is -2.52. The molecule has 1 amide bonds. The molecule has 3 rings (SSSR count). The fourth-order valence-electron chi connectivity index (χ4n) is 4.41. The molecule has 4 atom stereocenters. The molecule has 30 heavy (non-hydrogen) atoms. The largest absolute Gasteiger partial charge is 0.616 e. The summed E-state index contributed by atoms with van der Waals surface area (Å²) in [6.45, 7) is 4.11. The van der Waals surface area contributed by atoms with Gasteiger partial charge in [-0.15, -0.1) is 0 Å². The van der Waals surface area contributed by atoms with Crippen LogP contribution in [0, 0.1) is 17.8 Å². The first-order valence-electron chi connectivity index (χ1n) is 10.6. The summed E-state index contributed by atoms with van der Waals surface area (Å²) in [6.07, 6.45) is 7.12. The third-order valence-corrected chi connectivity index (χ3v) is 8.41. The first-order chi connectivity index (χ1) is 14.3. The zero-order valence-electron chi connectivity index (χ0n) is 17.8. The lowest BCUT2D eigenvalue weighted by Gasteiger charge is -2.39. The summed E-state index contributed by atoms with van der Waals surface area (Å²) in [7, 11) is 0. The molecule has 1 N–H and O–H groups in total. The molecule has 4 unspecified atom stereocenters. The van der Waals surface area contributed by atoms with Gasteiger partial charge in [0.15, 0.2) is 0 Å². The second-order valence-electron chi connectivity index (χ2n) is 8.56. The lowest BCUT2D eigenvalue weighted by atomic mass is 9.82. The minimum atomic E-state index is -1.08. The maximum absolute atomic E-state index is 13.6. The maximum atomic E-state index is 13.6. The van der Waals surface area contributed by atoms with E-state index in [9.17, 15) is 19.2 Å². The van der Waals surface area contributed by atoms with E-state index < -0.39 is 28.4 Å². The molecule has 0 saturated heterocycles. The van der Waals surface area contributed by atoms with Gasteiger partial charge < -0.3 is 14.6 Å². The average molecular weight is 450 g/mol. The van der Waals surface area contributed by atoms with E-state index in [1.807, 2.05) is 37.3 Å². The summed E-state index contributed by atoms with van der Waals surface area (Å²) >= 11 is 0.365. The second kappa shape index (κ2) is 10.2. The number of aliphatic carboxylic acids is 1. The molecule has 1 aliphatic heterocycles. The molecule has 7 heteroatoms. The van der Waals surface area contributed by atoms with Gasteiger partial charge in [-0.2, -0.15) is 0 Å². The van der Waals surface area contributed by atoms with Gasteiger partial charge in [0.05, 0.1) is 17.7 Å². The number of carboxylic acid groups (broad SMARTS) is 1. The van der Waals surface area contributed by atoms with E-state index >= 15 is 0 Å². The highest BCUT2D eigenvalue weighted by atomic mass is 32.2. The van der Waals surface area contributed by atoms with Crippen molar-refractivity contribution in [1.82, 2.24) is 4.90 Å². The number of benzene rings is 1. The topological polar surface area (TPSA) is 80.7 Å². The minimum absolute atomic E-state index is 0.0197. The summed E-state index contributed by atoms with van der Waals surface area (Å²) in [4.78, 5) is 28.4. The van der Waals surface area contributed by atoms with Crippen LogP contribution in [-0.4, -0.2) is 49.9 Å². The van der Waals surface area contributed by atoms with Gasteiger partial charge in [0.1, 0.15) is 11.7 Å². The van der Waals surface area contributed by atoms with Gasteiger partial charge >= 0.3 is 5.97 Å². The molecule has 1 aliphatic carbocycles. The number of carboxylic acids is 1. The highest BCUT2D eigenvalue weighted by Crippen LogP contribution is 2.46. The molecule has 0 bridgehead atoms. The Morgan fingerprint density at radius 1 is 1.23 bits per heavy atom. The molecule has 1 heterocycles. The van der Waals surface area contributed by atoms with Gasteiger partial charge in [0.25, 0.3) is 0 Å². The third-order valence-electron chi connectivity index (χ3n) is 6.07. The quantitative estimate of drug-likeness (QED) is 0.630. The van der Waals surface area contributed by atoms with Crippen LogP contribution in [0.4, 0.5) is 0 Å². The van der Waals surface area contributed by atoms with Crippen LogP contribution in [0.5, 0.6) is 0 Å². The summed E-state index contributed by atoms with van der Waals surface area (Å²) in [5.41, 5.74) is 0.960. The Labute approximate surface area is 186 Å². The van der Waals surface area contributed by atoms with E-state index in [-0.39, 0.29) is 17.9 Å². The van der Waals surface area contributed by atoms with Gasteiger partial charge in [0.2, 0.25) is 5.91 Å². The zero-order valence-corrected chi connectivity index (χ0v) is 19.5. The smallest absolute Gasteiger partial charge is 0.313 e. The Bertz CT molecular complexity index is 775. The van der Waals surface area contributed by atoms with Gasteiger partial charge in [-0.1, -0.05) is 66.3 Å². The maximum Gasteiger partial charge on any atom is 0.313 e. The number of nitrogens with zero attached hydrogens (tertiary/aromatic N) is 1. The molecule has 1 saturated carbocycles. The molecule has 2 aliphatic rings. The molecule has 164 valence electrons. The van der Waals surface area contributed by atoms with Crippen LogP contribution in [0.2, 0.25) is 0 Å². The van der Waals surface area contributed by atoms with Crippen molar-refractivity contribution in [3.8, 4) is 0 Å². The summed E-state index contributed by atoms with van der Waals surface area (Å²) in [6, 6.07) is 9.40. The fraction of sp³-hybridized carbons (Fsp3) is 0.565. The van der Waals surface area contributed by atoms with Crippen LogP contribution in [0.25, 0.3) is 4.91 Å². The van der Waals surface area contributed by atoms with Crippen LogP contribution >= 0.6 is 11.8 Å². The number of thioether (sulfide) groups is 1. The van der Waals surface area contributed by atoms with Gasteiger partial charge in [-0.05, 0) is 44.1 Å². The summed E-state index contributed by atoms with van der Waals surface area (Å²) in [5, 5.41) is 9.41. The predicted octanol–water partition coefficient (Wildman–Crippen LogP) is 4.22. The normalized spacial score (nSPS) is 28.5. The molecule has 0 spiro atoms. The van der Waals surface area contributed by atoms with Gasteiger partial charge in [-0.25, -0.2) is 0 Å². The van der Waals surface area contributed by atoms with Crippen molar-refractivity contribution in [2.45, 2.75) is 50.9 Å². The molecule has 1 aromatic rings. The number of amides is 1. The highest BCUT2D eigenvalue weighted by Gasteiger charge is 2.44. The van der Waals surface area contributed by atoms with Crippen LogP contribution in [-0.2, 0) is 20.8 Å². The predicted molar refractivity (Wildman–Crippen MR) is 123 cm³/mol. The van der Waals surface area contributed by atoms with Crippen molar-refractivity contribution in [1.29, 1.82) is 0 Å². The van der Waals surface area contributed by atoms with Crippen LogP contribution < -0.4 is 0 Å².